The summed E-state index contributed by atoms with van der Waals surface area (Å²) in [5.41, 5.74) is 2.21. The van der Waals surface area contributed by atoms with Gasteiger partial charge in [0.1, 0.15) is 11.9 Å². The Morgan fingerprint density at radius 1 is 1.22 bits per heavy atom. The summed E-state index contributed by atoms with van der Waals surface area (Å²) < 4.78 is 12.1. The fraction of sp³-hybridized carbons (Fsp3) is 0.762. The quantitative estimate of drug-likeness (QED) is 0.794. The molecule has 3 aliphatic rings. The molecule has 148 valence electrons. The fourth-order valence-electron chi connectivity index (χ4n) is 3.95. The molecule has 1 amide bonds. The van der Waals surface area contributed by atoms with Gasteiger partial charge in [0.05, 0.1) is 25.5 Å². The van der Waals surface area contributed by atoms with Crippen molar-refractivity contribution in [3.8, 4) is 5.88 Å². The normalized spacial score (nSPS) is 23.1. The highest BCUT2D eigenvalue weighted by Gasteiger charge is 2.31. The third-order valence-corrected chi connectivity index (χ3v) is 5.59. The van der Waals surface area contributed by atoms with Gasteiger partial charge in [-0.3, -0.25) is 4.79 Å². The first kappa shape index (κ1) is 18.7. The van der Waals surface area contributed by atoms with E-state index in [1.807, 2.05) is 4.90 Å². The number of fused-ring (bicyclic) bond motifs is 1. The van der Waals surface area contributed by atoms with Crippen LogP contribution in [-0.4, -0.2) is 53.2 Å². The molecule has 6 nitrogen and oxygen atoms in total. The lowest BCUT2D eigenvalue weighted by Gasteiger charge is -2.33. The minimum Gasteiger partial charge on any atom is -0.472 e. The number of nitrogens with zero attached hydrogens (tertiary/aromatic N) is 3. The van der Waals surface area contributed by atoms with E-state index in [1.54, 1.807) is 0 Å². The van der Waals surface area contributed by atoms with Gasteiger partial charge in [-0.2, -0.15) is 4.98 Å². The minimum atomic E-state index is 0.0186. The van der Waals surface area contributed by atoms with E-state index >= 15 is 0 Å². The zero-order valence-corrected chi connectivity index (χ0v) is 16.6. The molecule has 2 aliphatic heterocycles. The predicted molar refractivity (Wildman–Crippen MR) is 102 cm³/mol. The Kier molecular flexibility index (Phi) is 5.62. The maximum absolute atomic E-state index is 12.5. The number of carbonyl (C=O) groups excluding carboxylic acids is 1. The highest BCUT2D eigenvalue weighted by atomic mass is 16.5. The van der Waals surface area contributed by atoms with Gasteiger partial charge in [-0.05, 0) is 31.6 Å². The van der Waals surface area contributed by atoms with Crippen LogP contribution in [0.3, 0.4) is 0 Å². The second kappa shape index (κ2) is 8.13. The monoisotopic (exact) mass is 373 g/mol. The molecule has 3 heterocycles. The first-order valence-corrected chi connectivity index (χ1v) is 10.5. The van der Waals surface area contributed by atoms with Crippen LogP contribution in [-0.2, 0) is 22.4 Å². The van der Waals surface area contributed by atoms with E-state index < -0.39 is 0 Å². The number of likely N-dealkylation sites (tertiary alicyclic amines) is 1. The molecule has 1 atom stereocenters. The minimum absolute atomic E-state index is 0.0186. The molecule has 0 unspecified atom stereocenters. The van der Waals surface area contributed by atoms with Crippen LogP contribution in [0.1, 0.15) is 69.0 Å². The van der Waals surface area contributed by atoms with E-state index in [9.17, 15) is 4.79 Å². The number of hydrogen-bond donors (Lipinski definition) is 0. The summed E-state index contributed by atoms with van der Waals surface area (Å²) in [4.78, 5) is 24.1. The molecule has 1 aromatic heterocycles. The first-order chi connectivity index (χ1) is 13.1. The number of hydrogen-bond acceptors (Lipinski definition) is 5. The second-order valence-corrected chi connectivity index (χ2v) is 8.52. The Labute approximate surface area is 161 Å². The van der Waals surface area contributed by atoms with E-state index in [-0.39, 0.29) is 12.0 Å². The molecule has 0 radical (unpaired) electrons. The number of amides is 1. The molecule has 0 aromatic carbocycles. The lowest BCUT2D eigenvalue weighted by atomic mass is 10.0. The summed E-state index contributed by atoms with van der Waals surface area (Å²) in [5.74, 6) is 2.81. The number of aromatic nitrogens is 2. The second-order valence-electron chi connectivity index (χ2n) is 8.52. The summed E-state index contributed by atoms with van der Waals surface area (Å²) in [6.45, 7) is 7.10. The number of carbonyl (C=O) groups is 1. The fourth-order valence-corrected chi connectivity index (χ4v) is 3.95. The maximum atomic E-state index is 12.5. The number of rotatable bonds is 5. The highest BCUT2D eigenvalue weighted by Crippen LogP contribution is 2.40. The molecule has 1 saturated carbocycles. The molecule has 2 fully saturated rings. The van der Waals surface area contributed by atoms with Crippen molar-refractivity contribution in [3.05, 3.63) is 17.1 Å². The van der Waals surface area contributed by atoms with Crippen molar-refractivity contribution in [1.29, 1.82) is 0 Å². The average molecular weight is 373 g/mol. The molecule has 6 heteroatoms. The number of piperidine rings is 1. The van der Waals surface area contributed by atoms with Crippen LogP contribution in [0.25, 0.3) is 0 Å². The third-order valence-electron chi connectivity index (χ3n) is 5.59. The summed E-state index contributed by atoms with van der Waals surface area (Å²) in [6.07, 6.45) is 6.57. The Hall–Kier alpha value is -1.69. The van der Waals surface area contributed by atoms with Crippen LogP contribution in [0.4, 0.5) is 0 Å². The lowest BCUT2D eigenvalue weighted by molar-refractivity contribution is -0.134. The van der Waals surface area contributed by atoms with Gasteiger partial charge in [0.2, 0.25) is 11.8 Å². The van der Waals surface area contributed by atoms with E-state index in [1.165, 1.54) is 12.8 Å². The Bertz CT molecular complexity index is 687. The molecule has 1 aliphatic carbocycles. The molecule has 27 heavy (non-hydrogen) atoms. The highest BCUT2D eigenvalue weighted by molar-refractivity contribution is 5.76. The SMILES string of the molecule is CC(C)CC(=O)N1CCC[C@H](Oc2nc(C3CC3)nc3c2CCOCC3)C1. The molecule has 1 aromatic rings. The number of ether oxygens (including phenoxy) is 2. The molecule has 0 bridgehead atoms. The van der Waals surface area contributed by atoms with Gasteiger partial charge < -0.3 is 14.4 Å². The summed E-state index contributed by atoms with van der Waals surface area (Å²) in [7, 11) is 0. The maximum Gasteiger partial charge on any atom is 0.222 e. The Morgan fingerprint density at radius 3 is 2.81 bits per heavy atom. The molecule has 1 saturated heterocycles. The van der Waals surface area contributed by atoms with Crippen molar-refractivity contribution in [1.82, 2.24) is 14.9 Å². The summed E-state index contributed by atoms with van der Waals surface area (Å²) in [5, 5.41) is 0. The van der Waals surface area contributed by atoms with E-state index in [0.717, 1.165) is 55.2 Å². The van der Waals surface area contributed by atoms with Gasteiger partial charge in [-0.15, -0.1) is 0 Å². The Balaban J connectivity index is 1.51. The van der Waals surface area contributed by atoms with Gasteiger partial charge >= 0.3 is 0 Å². The van der Waals surface area contributed by atoms with Crippen molar-refractivity contribution in [2.45, 2.75) is 70.8 Å². The van der Waals surface area contributed by atoms with Gasteiger partial charge in [0, 0.05) is 37.3 Å². The zero-order chi connectivity index (χ0) is 18.8. The van der Waals surface area contributed by atoms with Gasteiger partial charge in [0.25, 0.3) is 0 Å². The summed E-state index contributed by atoms with van der Waals surface area (Å²) >= 11 is 0. The average Bonchev–Trinajstić information content (AvgIpc) is 3.48. The smallest absolute Gasteiger partial charge is 0.222 e. The largest absolute Gasteiger partial charge is 0.472 e. The van der Waals surface area contributed by atoms with Crippen molar-refractivity contribution in [3.63, 3.8) is 0 Å². The van der Waals surface area contributed by atoms with Gasteiger partial charge in [-0.25, -0.2) is 4.98 Å². The molecule has 0 spiro atoms. The van der Waals surface area contributed by atoms with Crippen LogP contribution >= 0.6 is 0 Å². The van der Waals surface area contributed by atoms with Crippen molar-refractivity contribution in [2.24, 2.45) is 5.92 Å². The van der Waals surface area contributed by atoms with Crippen molar-refractivity contribution < 1.29 is 14.3 Å². The predicted octanol–water partition coefficient (Wildman–Crippen LogP) is 2.89. The molecule has 4 rings (SSSR count). The lowest BCUT2D eigenvalue weighted by Crippen LogP contribution is -2.44. The summed E-state index contributed by atoms with van der Waals surface area (Å²) in [6, 6.07) is 0. The third kappa shape index (κ3) is 4.60. The van der Waals surface area contributed by atoms with Crippen molar-refractivity contribution >= 4 is 5.91 Å². The zero-order valence-electron chi connectivity index (χ0n) is 16.6. The molecular formula is C21H31N3O3. The van der Waals surface area contributed by atoms with E-state index in [0.29, 0.717) is 38.0 Å². The van der Waals surface area contributed by atoms with Crippen LogP contribution in [0, 0.1) is 5.92 Å². The Morgan fingerprint density at radius 2 is 2.04 bits per heavy atom. The van der Waals surface area contributed by atoms with Crippen LogP contribution in [0.5, 0.6) is 5.88 Å². The standard InChI is InChI=1S/C21H31N3O3/c1-14(2)12-19(25)24-9-3-4-16(13-24)27-21-17-7-10-26-11-8-18(17)22-20(23-21)15-5-6-15/h14-16H,3-13H2,1-2H3/t16-/m0/s1. The topological polar surface area (TPSA) is 64.6 Å². The first-order valence-electron chi connectivity index (χ1n) is 10.5. The van der Waals surface area contributed by atoms with Crippen LogP contribution in [0.2, 0.25) is 0 Å². The molecular weight excluding hydrogens is 342 g/mol. The van der Waals surface area contributed by atoms with Gasteiger partial charge in [-0.1, -0.05) is 13.8 Å². The van der Waals surface area contributed by atoms with Gasteiger partial charge in [0.15, 0.2) is 0 Å². The van der Waals surface area contributed by atoms with E-state index in [2.05, 4.69) is 13.8 Å². The van der Waals surface area contributed by atoms with Crippen molar-refractivity contribution in [2.75, 3.05) is 26.3 Å². The van der Waals surface area contributed by atoms with E-state index in [4.69, 9.17) is 19.4 Å². The van der Waals surface area contributed by atoms with Crippen LogP contribution < -0.4 is 4.74 Å². The van der Waals surface area contributed by atoms with Crippen LogP contribution in [0.15, 0.2) is 0 Å². The molecule has 0 N–H and O–H groups in total.